The van der Waals surface area contributed by atoms with Crippen molar-refractivity contribution >= 4 is 23.1 Å². The van der Waals surface area contributed by atoms with Crippen molar-refractivity contribution in [1.82, 2.24) is 9.80 Å². The zero-order valence-corrected chi connectivity index (χ0v) is 22.4. The highest BCUT2D eigenvalue weighted by molar-refractivity contribution is 6.46. The van der Waals surface area contributed by atoms with Crippen molar-refractivity contribution in [2.24, 2.45) is 0 Å². The molecule has 0 aliphatic carbocycles. The molecule has 2 saturated heterocycles. The van der Waals surface area contributed by atoms with E-state index in [2.05, 4.69) is 11.8 Å². The van der Waals surface area contributed by atoms with Gasteiger partial charge in [-0.1, -0.05) is 25.5 Å². The molecule has 0 aromatic heterocycles. The lowest BCUT2D eigenvalue weighted by molar-refractivity contribution is -0.384. The zero-order valence-electron chi connectivity index (χ0n) is 22.4. The number of rotatable bonds is 11. The van der Waals surface area contributed by atoms with E-state index in [0.717, 1.165) is 31.5 Å². The summed E-state index contributed by atoms with van der Waals surface area (Å²) in [5.74, 6) is -1.18. The molecule has 0 unspecified atom stereocenters. The van der Waals surface area contributed by atoms with Crippen LogP contribution < -0.4 is 4.74 Å². The standard InChI is InChI=1S/C29H35N3O7/c1-3-4-15-39-24-10-9-22(18-20(24)2)27(33)25-26(21-7-5-8-23(19-21)32(36)37)31(29(35)28(25)34)12-6-11-30-13-16-38-17-14-30/h5,7-10,18-19,26,33H,3-4,6,11-17H2,1-2H3/t26-/m0/s1. The molecule has 0 saturated carbocycles. The molecule has 2 aliphatic heterocycles. The first-order chi connectivity index (χ1) is 18.8. The number of hydrogen-bond acceptors (Lipinski definition) is 8. The Labute approximate surface area is 228 Å². The van der Waals surface area contributed by atoms with Crippen LogP contribution >= 0.6 is 0 Å². The van der Waals surface area contributed by atoms with Crippen molar-refractivity contribution in [2.45, 2.75) is 39.2 Å². The Balaban J connectivity index is 1.68. The van der Waals surface area contributed by atoms with Gasteiger partial charge < -0.3 is 19.5 Å². The number of ketones is 1. The third kappa shape index (κ3) is 6.46. The summed E-state index contributed by atoms with van der Waals surface area (Å²) in [5.41, 5.74) is 1.31. The number of Topliss-reactive ketones (excluding diaryl/α,β-unsaturated/α-hetero) is 1. The molecular weight excluding hydrogens is 502 g/mol. The first-order valence-corrected chi connectivity index (χ1v) is 13.4. The van der Waals surface area contributed by atoms with Gasteiger partial charge in [0.05, 0.1) is 36.4 Å². The fraction of sp³-hybridized carbons (Fsp3) is 0.448. The van der Waals surface area contributed by atoms with Gasteiger partial charge in [0.1, 0.15) is 11.5 Å². The molecule has 0 bridgehead atoms. The molecule has 10 heteroatoms. The van der Waals surface area contributed by atoms with E-state index < -0.39 is 22.7 Å². The number of benzene rings is 2. The van der Waals surface area contributed by atoms with Crippen LogP contribution in [0.15, 0.2) is 48.0 Å². The van der Waals surface area contributed by atoms with E-state index in [1.54, 1.807) is 24.3 Å². The third-order valence-electron chi connectivity index (χ3n) is 7.12. The quantitative estimate of drug-likeness (QED) is 0.113. The molecular formula is C29H35N3O7. The van der Waals surface area contributed by atoms with E-state index in [0.29, 0.717) is 49.7 Å². The molecule has 1 atom stereocenters. The predicted molar refractivity (Wildman–Crippen MR) is 146 cm³/mol. The molecule has 10 nitrogen and oxygen atoms in total. The van der Waals surface area contributed by atoms with Gasteiger partial charge >= 0.3 is 0 Å². The molecule has 2 aromatic rings. The minimum Gasteiger partial charge on any atom is -0.507 e. The Morgan fingerprint density at radius 1 is 1.13 bits per heavy atom. The number of aliphatic hydroxyl groups is 1. The number of hydrogen-bond donors (Lipinski definition) is 1. The van der Waals surface area contributed by atoms with E-state index in [1.807, 2.05) is 6.92 Å². The summed E-state index contributed by atoms with van der Waals surface area (Å²) in [6.07, 6.45) is 2.52. The number of non-ortho nitro benzene ring substituents is 1. The fourth-order valence-corrected chi connectivity index (χ4v) is 5.00. The summed E-state index contributed by atoms with van der Waals surface area (Å²) in [7, 11) is 0. The summed E-state index contributed by atoms with van der Waals surface area (Å²) < 4.78 is 11.2. The summed E-state index contributed by atoms with van der Waals surface area (Å²) in [6.45, 7) is 8.37. The van der Waals surface area contributed by atoms with Gasteiger partial charge in [-0.25, -0.2) is 0 Å². The Hall–Kier alpha value is -3.76. The molecule has 1 N–H and O–H groups in total. The van der Waals surface area contributed by atoms with Gasteiger partial charge in [0.15, 0.2) is 0 Å². The van der Waals surface area contributed by atoms with Crippen molar-refractivity contribution < 1.29 is 29.1 Å². The molecule has 39 heavy (non-hydrogen) atoms. The molecule has 2 heterocycles. The van der Waals surface area contributed by atoms with Crippen molar-refractivity contribution in [3.63, 3.8) is 0 Å². The maximum atomic E-state index is 13.3. The van der Waals surface area contributed by atoms with Gasteiger partial charge in [0, 0.05) is 43.9 Å². The number of nitrogens with zero attached hydrogens (tertiary/aromatic N) is 3. The van der Waals surface area contributed by atoms with Gasteiger partial charge in [0.25, 0.3) is 17.4 Å². The van der Waals surface area contributed by atoms with E-state index >= 15 is 0 Å². The number of unbranched alkanes of at least 4 members (excludes halogenated alkanes) is 1. The monoisotopic (exact) mass is 537 g/mol. The number of ether oxygens (including phenoxy) is 2. The Morgan fingerprint density at radius 3 is 2.59 bits per heavy atom. The minimum absolute atomic E-state index is 0.0779. The van der Waals surface area contributed by atoms with Gasteiger partial charge in [-0.05, 0) is 49.1 Å². The van der Waals surface area contributed by atoms with Crippen molar-refractivity contribution in [3.8, 4) is 5.75 Å². The first-order valence-electron chi connectivity index (χ1n) is 13.4. The summed E-state index contributed by atoms with van der Waals surface area (Å²) in [4.78, 5) is 41.2. The van der Waals surface area contributed by atoms with Crippen LogP contribution in [0.2, 0.25) is 0 Å². The van der Waals surface area contributed by atoms with Gasteiger partial charge in [-0.15, -0.1) is 0 Å². The normalized spacial score (nSPS) is 19.4. The average molecular weight is 538 g/mol. The molecule has 2 aromatic carbocycles. The van der Waals surface area contributed by atoms with Crippen LogP contribution in [0.1, 0.15) is 48.9 Å². The number of nitro groups is 1. The maximum Gasteiger partial charge on any atom is 0.295 e. The number of morpholine rings is 1. The molecule has 4 rings (SSSR count). The average Bonchev–Trinajstić information content (AvgIpc) is 3.19. The Bertz CT molecular complexity index is 1250. The van der Waals surface area contributed by atoms with Crippen LogP contribution in [0.5, 0.6) is 5.75 Å². The second-order valence-electron chi connectivity index (χ2n) is 9.83. The molecule has 2 fully saturated rings. The Morgan fingerprint density at radius 2 is 1.90 bits per heavy atom. The van der Waals surface area contributed by atoms with Gasteiger partial charge in [-0.2, -0.15) is 0 Å². The maximum absolute atomic E-state index is 13.3. The summed E-state index contributed by atoms with van der Waals surface area (Å²) in [6, 6.07) is 10.0. The van der Waals surface area contributed by atoms with Crippen LogP contribution in [-0.2, 0) is 14.3 Å². The number of nitro benzene ring substituents is 1. The Kier molecular flexibility index (Phi) is 9.32. The van der Waals surface area contributed by atoms with E-state index in [9.17, 15) is 24.8 Å². The topological polar surface area (TPSA) is 122 Å². The van der Waals surface area contributed by atoms with Crippen molar-refractivity contribution in [1.29, 1.82) is 0 Å². The number of aliphatic hydroxyl groups excluding tert-OH is 1. The van der Waals surface area contributed by atoms with Crippen molar-refractivity contribution in [3.05, 3.63) is 74.8 Å². The summed E-state index contributed by atoms with van der Waals surface area (Å²) >= 11 is 0. The minimum atomic E-state index is -0.949. The third-order valence-corrected chi connectivity index (χ3v) is 7.12. The lowest BCUT2D eigenvalue weighted by Gasteiger charge is -2.29. The number of likely N-dealkylation sites (tertiary alicyclic amines) is 1. The van der Waals surface area contributed by atoms with Gasteiger partial charge in [0.2, 0.25) is 0 Å². The second kappa shape index (κ2) is 12.9. The van der Waals surface area contributed by atoms with Crippen LogP contribution in [-0.4, -0.2) is 77.5 Å². The summed E-state index contributed by atoms with van der Waals surface area (Å²) in [5, 5.41) is 22.9. The number of carbonyl (C=O) groups excluding carboxylic acids is 2. The highest BCUT2D eigenvalue weighted by Gasteiger charge is 2.46. The number of aryl methyl sites for hydroxylation is 1. The lowest BCUT2D eigenvalue weighted by Crippen LogP contribution is -2.39. The molecule has 1 amide bonds. The van der Waals surface area contributed by atoms with E-state index in [-0.39, 0.29) is 23.6 Å². The zero-order chi connectivity index (χ0) is 27.9. The second-order valence-corrected chi connectivity index (χ2v) is 9.83. The number of amides is 1. The van der Waals surface area contributed by atoms with Gasteiger partial charge in [-0.3, -0.25) is 24.6 Å². The largest absolute Gasteiger partial charge is 0.507 e. The lowest BCUT2D eigenvalue weighted by atomic mass is 9.94. The van der Waals surface area contributed by atoms with Crippen LogP contribution in [0.4, 0.5) is 5.69 Å². The smallest absolute Gasteiger partial charge is 0.295 e. The number of carbonyl (C=O) groups is 2. The van der Waals surface area contributed by atoms with E-state index in [4.69, 9.17) is 9.47 Å². The van der Waals surface area contributed by atoms with Crippen LogP contribution in [0.3, 0.4) is 0 Å². The molecule has 0 spiro atoms. The highest BCUT2D eigenvalue weighted by atomic mass is 16.6. The first kappa shape index (κ1) is 28.3. The molecule has 208 valence electrons. The van der Waals surface area contributed by atoms with E-state index in [1.165, 1.54) is 23.1 Å². The predicted octanol–water partition coefficient (Wildman–Crippen LogP) is 4.23. The van der Waals surface area contributed by atoms with Crippen molar-refractivity contribution in [2.75, 3.05) is 46.0 Å². The van der Waals surface area contributed by atoms with Crippen LogP contribution in [0.25, 0.3) is 5.76 Å². The van der Waals surface area contributed by atoms with Crippen LogP contribution in [0, 0.1) is 17.0 Å². The fourth-order valence-electron chi connectivity index (χ4n) is 5.00. The SMILES string of the molecule is CCCCOc1ccc(C(O)=C2C(=O)C(=O)N(CCCN3CCOCC3)[C@H]2c2cccc([N+](=O)[O-])c2)cc1C. The highest BCUT2D eigenvalue weighted by Crippen LogP contribution is 2.40. The molecule has 0 radical (unpaired) electrons. The molecule has 2 aliphatic rings.